The van der Waals surface area contributed by atoms with E-state index in [2.05, 4.69) is 58.9 Å². The predicted octanol–water partition coefficient (Wildman–Crippen LogP) is 2.49. The minimum Gasteiger partial charge on any atom is -0.341 e. The van der Waals surface area contributed by atoms with E-state index >= 15 is 0 Å². The molecular weight excluding hydrogens is 310 g/mol. The van der Waals surface area contributed by atoms with Crippen molar-refractivity contribution in [2.75, 3.05) is 45.8 Å². The van der Waals surface area contributed by atoms with Crippen molar-refractivity contribution in [1.29, 1.82) is 0 Å². The van der Waals surface area contributed by atoms with E-state index in [0.29, 0.717) is 5.91 Å². The standard InChI is InChI=1S/C21H33N3O/c1-3-22-13-15-23(16-14-22)18(2)21(25)24-11-9-20(10-12-24)17-19-7-5-4-6-8-19/h4-8,18,20H,3,9-17H2,1-2H3. The van der Waals surface area contributed by atoms with E-state index in [1.165, 1.54) is 5.56 Å². The lowest BCUT2D eigenvalue weighted by Gasteiger charge is -2.40. The van der Waals surface area contributed by atoms with Crippen LogP contribution in [0.2, 0.25) is 0 Å². The van der Waals surface area contributed by atoms with Gasteiger partial charge in [-0.3, -0.25) is 9.69 Å². The molecule has 0 spiro atoms. The van der Waals surface area contributed by atoms with Gasteiger partial charge in [-0.2, -0.15) is 0 Å². The molecule has 2 saturated heterocycles. The summed E-state index contributed by atoms with van der Waals surface area (Å²) in [5.74, 6) is 1.05. The molecule has 3 rings (SSSR count). The fourth-order valence-electron chi connectivity index (χ4n) is 4.19. The van der Waals surface area contributed by atoms with E-state index in [1.807, 2.05) is 0 Å². The summed E-state index contributed by atoms with van der Waals surface area (Å²) in [6.07, 6.45) is 3.42. The molecule has 4 nitrogen and oxygen atoms in total. The Balaban J connectivity index is 1.45. The number of rotatable bonds is 5. The third kappa shape index (κ3) is 4.83. The van der Waals surface area contributed by atoms with Crippen molar-refractivity contribution in [2.24, 2.45) is 5.92 Å². The van der Waals surface area contributed by atoms with Gasteiger partial charge in [0, 0.05) is 39.3 Å². The fraction of sp³-hybridized carbons (Fsp3) is 0.667. The molecule has 0 bridgehead atoms. The predicted molar refractivity (Wildman–Crippen MR) is 103 cm³/mol. The second-order valence-electron chi connectivity index (χ2n) is 7.60. The molecule has 25 heavy (non-hydrogen) atoms. The number of piperazine rings is 1. The first-order chi connectivity index (χ1) is 12.2. The van der Waals surface area contributed by atoms with Crippen LogP contribution < -0.4 is 0 Å². The molecule has 1 atom stereocenters. The number of amides is 1. The maximum atomic E-state index is 12.9. The van der Waals surface area contributed by atoms with Crippen LogP contribution in [0.4, 0.5) is 0 Å². The summed E-state index contributed by atoms with van der Waals surface area (Å²) >= 11 is 0. The van der Waals surface area contributed by atoms with Crippen molar-refractivity contribution in [3.05, 3.63) is 35.9 Å². The summed E-state index contributed by atoms with van der Waals surface area (Å²) in [6.45, 7) is 11.5. The minimum atomic E-state index is 0.0321. The third-order valence-corrected chi connectivity index (χ3v) is 6.05. The van der Waals surface area contributed by atoms with Gasteiger partial charge in [0.2, 0.25) is 5.91 Å². The van der Waals surface area contributed by atoms with E-state index in [-0.39, 0.29) is 6.04 Å². The zero-order chi connectivity index (χ0) is 17.6. The fourth-order valence-corrected chi connectivity index (χ4v) is 4.19. The van der Waals surface area contributed by atoms with E-state index in [1.54, 1.807) is 0 Å². The zero-order valence-electron chi connectivity index (χ0n) is 15.9. The molecule has 138 valence electrons. The highest BCUT2D eigenvalue weighted by Crippen LogP contribution is 2.22. The van der Waals surface area contributed by atoms with Crippen LogP contribution in [-0.2, 0) is 11.2 Å². The molecule has 2 heterocycles. The number of carbonyl (C=O) groups excluding carboxylic acids is 1. The Bertz CT molecular complexity index is 531. The second-order valence-corrected chi connectivity index (χ2v) is 7.60. The Labute approximate surface area is 152 Å². The Morgan fingerprint density at radius 3 is 2.28 bits per heavy atom. The van der Waals surface area contributed by atoms with Crippen LogP contribution in [0.3, 0.4) is 0 Å². The number of likely N-dealkylation sites (N-methyl/N-ethyl adjacent to an activating group) is 1. The van der Waals surface area contributed by atoms with E-state index in [0.717, 1.165) is 71.0 Å². The third-order valence-electron chi connectivity index (χ3n) is 6.05. The molecule has 0 aliphatic carbocycles. The average molecular weight is 344 g/mol. The average Bonchev–Trinajstić information content (AvgIpc) is 2.68. The Hall–Kier alpha value is -1.39. The number of carbonyl (C=O) groups is 1. The Morgan fingerprint density at radius 2 is 1.68 bits per heavy atom. The van der Waals surface area contributed by atoms with Crippen molar-refractivity contribution in [1.82, 2.24) is 14.7 Å². The van der Waals surface area contributed by atoms with Gasteiger partial charge in [0.15, 0.2) is 0 Å². The summed E-state index contributed by atoms with van der Waals surface area (Å²) in [5.41, 5.74) is 1.43. The summed E-state index contributed by atoms with van der Waals surface area (Å²) in [5, 5.41) is 0. The largest absolute Gasteiger partial charge is 0.341 e. The molecule has 1 aromatic carbocycles. The zero-order valence-corrected chi connectivity index (χ0v) is 15.9. The topological polar surface area (TPSA) is 26.8 Å². The van der Waals surface area contributed by atoms with E-state index in [4.69, 9.17) is 0 Å². The van der Waals surface area contributed by atoms with Gasteiger partial charge in [0.05, 0.1) is 6.04 Å². The van der Waals surface area contributed by atoms with Gasteiger partial charge >= 0.3 is 0 Å². The first kappa shape index (κ1) is 18.4. The van der Waals surface area contributed by atoms with Gasteiger partial charge < -0.3 is 9.80 Å². The normalized spacial score (nSPS) is 22.1. The minimum absolute atomic E-state index is 0.0321. The van der Waals surface area contributed by atoms with E-state index in [9.17, 15) is 4.79 Å². The molecule has 0 aromatic heterocycles. The highest BCUT2D eigenvalue weighted by atomic mass is 16.2. The van der Waals surface area contributed by atoms with Gasteiger partial charge in [-0.1, -0.05) is 37.3 Å². The quantitative estimate of drug-likeness (QED) is 0.822. The van der Waals surface area contributed by atoms with Gasteiger partial charge in [0.25, 0.3) is 0 Å². The SMILES string of the molecule is CCN1CCN(C(C)C(=O)N2CCC(Cc3ccccc3)CC2)CC1. The van der Waals surface area contributed by atoms with Crippen molar-refractivity contribution in [3.8, 4) is 0 Å². The summed E-state index contributed by atoms with van der Waals surface area (Å²) in [6, 6.07) is 10.8. The summed E-state index contributed by atoms with van der Waals surface area (Å²) < 4.78 is 0. The van der Waals surface area contributed by atoms with E-state index < -0.39 is 0 Å². The molecule has 2 aliphatic heterocycles. The van der Waals surface area contributed by atoms with Crippen molar-refractivity contribution in [3.63, 3.8) is 0 Å². The number of piperidine rings is 1. The molecule has 0 saturated carbocycles. The monoisotopic (exact) mass is 343 g/mol. The lowest BCUT2D eigenvalue weighted by molar-refractivity contribution is -0.138. The molecule has 1 unspecified atom stereocenters. The molecule has 2 aliphatic rings. The molecule has 1 amide bonds. The van der Waals surface area contributed by atoms with Gasteiger partial charge in [-0.25, -0.2) is 0 Å². The first-order valence-electron chi connectivity index (χ1n) is 9.96. The first-order valence-corrected chi connectivity index (χ1v) is 9.96. The van der Waals surface area contributed by atoms with Gasteiger partial charge in [-0.05, 0) is 44.2 Å². The molecule has 4 heteroatoms. The van der Waals surface area contributed by atoms with Crippen LogP contribution >= 0.6 is 0 Å². The summed E-state index contributed by atoms with van der Waals surface area (Å²) in [7, 11) is 0. The number of hydrogen-bond donors (Lipinski definition) is 0. The number of hydrogen-bond acceptors (Lipinski definition) is 3. The maximum absolute atomic E-state index is 12.9. The smallest absolute Gasteiger partial charge is 0.239 e. The highest BCUT2D eigenvalue weighted by molar-refractivity contribution is 5.81. The van der Waals surface area contributed by atoms with Crippen LogP contribution in [-0.4, -0.2) is 72.5 Å². The molecule has 1 aromatic rings. The van der Waals surface area contributed by atoms with Crippen LogP contribution in [0.25, 0.3) is 0 Å². The summed E-state index contributed by atoms with van der Waals surface area (Å²) in [4.78, 5) is 19.8. The van der Waals surface area contributed by atoms with Crippen LogP contribution in [0.1, 0.15) is 32.3 Å². The number of likely N-dealkylation sites (tertiary alicyclic amines) is 1. The highest BCUT2D eigenvalue weighted by Gasteiger charge is 2.30. The Kier molecular flexibility index (Phi) is 6.49. The van der Waals surface area contributed by atoms with Crippen molar-refractivity contribution < 1.29 is 4.79 Å². The maximum Gasteiger partial charge on any atom is 0.239 e. The number of nitrogens with zero attached hydrogens (tertiary/aromatic N) is 3. The van der Waals surface area contributed by atoms with Crippen molar-refractivity contribution in [2.45, 2.75) is 39.2 Å². The van der Waals surface area contributed by atoms with Gasteiger partial charge in [-0.15, -0.1) is 0 Å². The van der Waals surface area contributed by atoms with Crippen LogP contribution in [0.5, 0.6) is 0 Å². The van der Waals surface area contributed by atoms with Crippen molar-refractivity contribution >= 4 is 5.91 Å². The molecular formula is C21H33N3O. The Morgan fingerprint density at radius 1 is 1.04 bits per heavy atom. The lowest BCUT2D eigenvalue weighted by Crippen LogP contribution is -2.55. The molecule has 0 N–H and O–H groups in total. The van der Waals surface area contributed by atoms with Gasteiger partial charge in [0.1, 0.15) is 0 Å². The van der Waals surface area contributed by atoms with Crippen LogP contribution in [0, 0.1) is 5.92 Å². The van der Waals surface area contributed by atoms with Crippen LogP contribution in [0.15, 0.2) is 30.3 Å². The second kappa shape index (κ2) is 8.81. The number of benzene rings is 1. The molecule has 0 radical (unpaired) electrons. The lowest BCUT2D eigenvalue weighted by atomic mass is 9.90. The molecule has 2 fully saturated rings.